The lowest BCUT2D eigenvalue weighted by molar-refractivity contribution is -0.476. The molecule has 2 aromatic rings. The van der Waals surface area contributed by atoms with Gasteiger partial charge in [0.05, 0.1) is 4.88 Å². The molecule has 2 rings (SSSR count). The van der Waals surface area contributed by atoms with Gasteiger partial charge >= 0.3 is 0 Å². The van der Waals surface area contributed by atoms with Gasteiger partial charge in [-0.3, -0.25) is 0 Å². The van der Waals surface area contributed by atoms with Crippen LogP contribution in [-0.2, 0) is 0 Å². The van der Waals surface area contributed by atoms with E-state index in [1.54, 1.807) is 13.8 Å². The zero-order valence-corrected chi connectivity index (χ0v) is 12.2. The van der Waals surface area contributed by atoms with Gasteiger partial charge in [-0.1, -0.05) is 41.6 Å². The van der Waals surface area contributed by atoms with Crippen LogP contribution in [0.25, 0.3) is 0 Å². The summed E-state index contributed by atoms with van der Waals surface area (Å²) in [6.45, 7) is 3.50. The fourth-order valence-electron chi connectivity index (χ4n) is 1.99. The van der Waals surface area contributed by atoms with Crippen molar-refractivity contribution in [3.63, 3.8) is 0 Å². The smallest absolute Gasteiger partial charge is 0.206 e. The highest BCUT2D eigenvalue weighted by atomic mass is 32.1. The summed E-state index contributed by atoms with van der Waals surface area (Å²) >= 11 is 1.51. The quantitative estimate of drug-likeness (QED) is 0.308. The van der Waals surface area contributed by atoms with Crippen molar-refractivity contribution in [1.82, 2.24) is 0 Å². The number of benzene rings is 1. The number of nitrogens with zero attached hydrogens (tertiary/aromatic N) is 2. The van der Waals surface area contributed by atoms with Crippen LogP contribution in [0.4, 0.5) is 0 Å². The SMILES string of the molecule is C/C(c1cccs1)=[N+](/[O-])C(C)/C(=N/O)c1ccccc1. The minimum atomic E-state index is -0.565. The molecule has 0 aliphatic rings. The second-order valence-electron chi connectivity index (χ2n) is 4.42. The molecule has 104 valence electrons. The Morgan fingerprint density at radius 1 is 1.25 bits per heavy atom. The molecule has 1 heterocycles. The molecule has 1 aromatic carbocycles. The molecular weight excluding hydrogens is 272 g/mol. The summed E-state index contributed by atoms with van der Waals surface area (Å²) in [6.07, 6.45) is 0. The molecule has 0 spiro atoms. The Bertz CT molecular complexity index is 619. The first-order valence-corrected chi connectivity index (χ1v) is 7.14. The van der Waals surface area contributed by atoms with Gasteiger partial charge in [-0.2, -0.15) is 4.74 Å². The molecular formula is C15H16N2O2S. The number of rotatable bonds is 4. The molecule has 1 aromatic heterocycles. The zero-order chi connectivity index (χ0) is 14.5. The first-order chi connectivity index (χ1) is 9.65. The van der Waals surface area contributed by atoms with E-state index < -0.39 is 6.04 Å². The van der Waals surface area contributed by atoms with Gasteiger partial charge in [-0.25, -0.2) is 0 Å². The van der Waals surface area contributed by atoms with Gasteiger partial charge in [0.15, 0.2) is 5.71 Å². The number of hydroxylamine groups is 1. The van der Waals surface area contributed by atoms with Crippen LogP contribution in [0.3, 0.4) is 0 Å². The van der Waals surface area contributed by atoms with Crippen LogP contribution >= 0.6 is 11.3 Å². The topological polar surface area (TPSA) is 58.7 Å². The van der Waals surface area contributed by atoms with E-state index in [2.05, 4.69) is 5.16 Å². The fraction of sp³-hybridized carbons (Fsp3) is 0.200. The van der Waals surface area contributed by atoms with Gasteiger partial charge in [0.25, 0.3) is 0 Å². The van der Waals surface area contributed by atoms with Crippen molar-refractivity contribution in [2.45, 2.75) is 19.9 Å². The van der Waals surface area contributed by atoms with E-state index in [1.807, 2.05) is 47.8 Å². The van der Waals surface area contributed by atoms with Crippen molar-refractivity contribution in [2.75, 3.05) is 0 Å². The molecule has 5 heteroatoms. The molecule has 1 N–H and O–H groups in total. The van der Waals surface area contributed by atoms with Crippen molar-refractivity contribution < 1.29 is 9.95 Å². The zero-order valence-electron chi connectivity index (χ0n) is 11.4. The molecule has 0 aliphatic heterocycles. The largest absolute Gasteiger partial charge is 0.623 e. The maximum Gasteiger partial charge on any atom is 0.206 e. The molecule has 0 saturated heterocycles. The highest BCUT2D eigenvalue weighted by Gasteiger charge is 2.23. The lowest BCUT2D eigenvalue weighted by Crippen LogP contribution is -2.32. The van der Waals surface area contributed by atoms with Crippen molar-refractivity contribution in [2.24, 2.45) is 5.16 Å². The summed E-state index contributed by atoms with van der Waals surface area (Å²) in [7, 11) is 0. The van der Waals surface area contributed by atoms with Gasteiger partial charge in [-0.15, -0.1) is 11.3 Å². The van der Waals surface area contributed by atoms with Crippen LogP contribution in [0.15, 0.2) is 53.0 Å². The summed E-state index contributed by atoms with van der Waals surface area (Å²) in [5, 5.41) is 26.9. The lowest BCUT2D eigenvalue weighted by atomic mass is 10.0. The third-order valence-electron chi connectivity index (χ3n) is 3.13. The fourth-order valence-corrected chi connectivity index (χ4v) is 2.71. The van der Waals surface area contributed by atoms with Crippen LogP contribution < -0.4 is 0 Å². The Labute approximate surface area is 121 Å². The minimum Gasteiger partial charge on any atom is -0.623 e. The van der Waals surface area contributed by atoms with Crippen molar-refractivity contribution in [1.29, 1.82) is 0 Å². The molecule has 0 amide bonds. The van der Waals surface area contributed by atoms with E-state index in [-0.39, 0.29) is 0 Å². The van der Waals surface area contributed by atoms with E-state index in [0.29, 0.717) is 11.4 Å². The average Bonchev–Trinajstić information content (AvgIpc) is 3.01. The van der Waals surface area contributed by atoms with Crippen LogP contribution in [0, 0.1) is 5.21 Å². The van der Waals surface area contributed by atoms with Gasteiger partial charge in [0.1, 0.15) is 0 Å². The predicted octanol–water partition coefficient (Wildman–Crippen LogP) is 3.33. The van der Waals surface area contributed by atoms with Crippen molar-refractivity contribution >= 4 is 22.8 Å². The second-order valence-corrected chi connectivity index (χ2v) is 5.36. The van der Waals surface area contributed by atoms with E-state index in [1.165, 1.54) is 11.3 Å². The maximum absolute atomic E-state index is 12.4. The number of thiophene rings is 1. The standard InChI is InChI=1S/C15H16N2O2S/c1-11(14-9-6-10-20-14)17(19)12(2)15(16-18)13-7-4-3-5-8-13/h3-10,12,18H,1-2H3/b16-15-,17-11-. The monoisotopic (exact) mass is 288 g/mol. The molecule has 20 heavy (non-hydrogen) atoms. The van der Waals surface area contributed by atoms with Crippen molar-refractivity contribution in [3.05, 3.63) is 63.5 Å². The van der Waals surface area contributed by atoms with E-state index in [4.69, 9.17) is 0 Å². The minimum absolute atomic E-state index is 0.358. The van der Waals surface area contributed by atoms with Gasteiger partial charge in [0, 0.05) is 19.4 Å². The highest BCUT2D eigenvalue weighted by Crippen LogP contribution is 2.13. The Balaban J connectivity index is 2.35. The summed E-state index contributed by atoms with van der Waals surface area (Å²) in [5.41, 5.74) is 1.71. The maximum atomic E-state index is 12.4. The first kappa shape index (κ1) is 14.3. The Morgan fingerprint density at radius 3 is 2.50 bits per heavy atom. The molecule has 0 radical (unpaired) electrons. The normalized spacial score (nSPS) is 14.8. The van der Waals surface area contributed by atoms with Gasteiger partial charge < -0.3 is 10.4 Å². The van der Waals surface area contributed by atoms with E-state index >= 15 is 0 Å². The first-order valence-electron chi connectivity index (χ1n) is 6.26. The molecule has 1 unspecified atom stereocenters. The molecule has 0 bridgehead atoms. The van der Waals surface area contributed by atoms with E-state index in [9.17, 15) is 10.4 Å². The third-order valence-corrected chi connectivity index (χ3v) is 4.11. The molecule has 0 saturated carbocycles. The molecule has 1 atom stereocenters. The summed E-state index contributed by atoms with van der Waals surface area (Å²) < 4.78 is 0.883. The van der Waals surface area contributed by atoms with E-state index in [0.717, 1.165) is 15.2 Å². The Kier molecular flexibility index (Phi) is 4.53. The average molecular weight is 288 g/mol. The second kappa shape index (κ2) is 6.34. The van der Waals surface area contributed by atoms with Gasteiger partial charge in [0.2, 0.25) is 11.8 Å². The lowest BCUT2D eigenvalue weighted by Gasteiger charge is -2.16. The molecule has 0 aliphatic carbocycles. The van der Waals surface area contributed by atoms with Crippen LogP contribution in [0.1, 0.15) is 24.3 Å². The summed E-state index contributed by atoms with van der Waals surface area (Å²) in [6, 6.07) is 12.4. The molecule has 4 nitrogen and oxygen atoms in total. The number of hydrogen-bond donors (Lipinski definition) is 1. The summed E-state index contributed by atoms with van der Waals surface area (Å²) in [5.74, 6) is 0. The number of oxime groups is 1. The Morgan fingerprint density at radius 2 is 1.95 bits per heavy atom. The Hall–Kier alpha value is -2.14. The molecule has 0 fully saturated rings. The predicted molar refractivity (Wildman–Crippen MR) is 82.0 cm³/mol. The van der Waals surface area contributed by atoms with Crippen LogP contribution in [0.2, 0.25) is 0 Å². The summed E-state index contributed by atoms with van der Waals surface area (Å²) in [4.78, 5) is 0.914. The van der Waals surface area contributed by atoms with Crippen LogP contribution in [-0.4, -0.2) is 27.4 Å². The number of hydrogen-bond acceptors (Lipinski definition) is 4. The highest BCUT2D eigenvalue weighted by molar-refractivity contribution is 7.12. The van der Waals surface area contributed by atoms with Crippen LogP contribution in [0.5, 0.6) is 0 Å². The van der Waals surface area contributed by atoms with Crippen molar-refractivity contribution in [3.8, 4) is 0 Å². The van der Waals surface area contributed by atoms with Gasteiger partial charge in [-0.05, 0) is 11.4 Å². The third kappa shape index (κ3) is 2.88.